The van der Waals surface area contributed by atoms with Gasteiger partial charge in [-0.3, -0.25) is 0 Å². The van der Waals surface area contributed by atoms with E-state index in [-0.39, 0.29) is 0 Å². The Balaban J connectivity index is 2.13. The molecule has 6 heavy (non-hydrogen) atoms. The van der Waals surface area contributed by atoms with E-state index in [1.54, 1.807) is 0 Å². The SMILES string of the molecule is C[C](C)C1CO1. The second-order valence-corrected chi connectivity index (χ2v) is 1.90. The summed E-state index contributed by atoms with van der Waals surface area (Å²) in [5.74, 6) is 1.40. The van der Waals surface area contributed by atoms with Crippen molar-refractivity contribution in [2.75, 3.05) is 6.61 Å². The van der Waals surface area contributed by atoms with Crippen LogP contribution in [-0.2, 0) is 4.74 Å². The Labute approximate surface area is 38.3 Å². The Hall–Kier alpha value is -0.0400. The standard InChI is InChI=1S/C5H9O/c1-4(2)5-3-6-5/h5H,3H2,1-2H3. The molecule has 0 spiro atoms. The van der Waals surface area contributed by atoms with Crippen LogP contribution in [0, 0.1) is 5.92 Å². The van der Waals surface area contributed by atoms with E-state index >= 15 is 0 Å². The van der Waals surface area contributed by atoms with Gasteiger partial charge in [-0.15, -0.1) is 0 Å². The van der Waals surface area contributed by atoms with Crippen LogP contribution in [0.15, 0.2) is 0 Å². The van der Waals surface area contributed by atoms with Gasteiger partial charge in [0.2, 0.25) is 0 Å². The third-order valence-corrected chi connectivity index (χ3v) is 0.977. The molecule has 0 bridgehead atoms. The monoisotopic (exact) mass is 85.1 g/mol. The largest absolute Gasteiger partial charge is 0.373 e. The normalized spacial score (nSPS) is 31.5. The summed E-state index contributed by atoms with van der Waals surface area (Å²) in [6, 6.07) is 0. The van der Waals surface area contributed by atoms with Gasteiger partial charge >= 0.3 is 0 Å². The Morgan fingerprint density at radius 3 is 2.17 bits per heavy atom. The van der Waals surface area contributed by atoms with Crippen LogP contribution < -0.4 is 0 Å². The van der Waals surface area contributed by atoms with Gasteiger partial charge in [-0.1, -0.05) is 13.8 Å². The lowest BCUT2D eigenvalue weighted by Crippen LogP contribution is -1.91. The van der Waals surface area contributed by atoms with Crippen molar-refractivity contribution in [2.24, 2.45) is 0 Å². The number of hydrogen-bond acceptors (Lipinski definition) is 1. The van der Waals surface area contributed by atoms with Crippen LogP contribution in [0.4, 0.5) is 0 Å². The number of hydrogen-bond donors (Lipinski definition) is 0. The van der Waals surface area contributed by atoms with E-state index in [4.69, 9.17) is 4.74 Å². The average Bonchev–Trinajstić information content (AvgIpc) is 2.06. The molecule has 0 aliphatic carbocycles. The molecule has 1 rings (SSSR count). The highest BCUT2D eigenvalue weighted by Crippen LogP contribution is 2.19. The molecule has 0 aromatic carbocycles. The minimum Gasteiger partial charge on any atom is -0.373 e. The fourth-order valence-electron chi connectivity index (χ4n) is 0.381. The van der Waals surface area contributed by atoms with Gasteiger partial charge in [0.1, 0.15) is 0 Å². The summed E-state index contributed by atoms with van der Waals surface area (Å²) in [6.07, 6.45) is 0.519. The minimum absolute atomic E-state index is 0.519. The fraction of sp³-hybridized carbons (Fsp3) is 0.800. The lowest BCUT2D eigenvalue weighted by molar-refractivity contribution is 0.415. The quantitative estimate of drug-likeness (QED) is 0.433. The second kappa shape index (κ2) is 1.23. The van der Waals surface area contributed by atoms with Crippen LogP contribution in [0.25, 0.3) is 0 Å². The van der Waals surface area contributed by atoms with Crippen LogP contribution in [-0.4, -0.2) is 12.7 Å². The highest BCUT2D eigenvalue weighted by Gasteiger charge is 2.25. The van der Waals surface area contributed by atoms with Crippen LogP contribution in [0.3, 0.4) is 0 Å². The molecule has 1 heteroatoms. The van der Waals surface area contributed by atoms with Gasteiger partial charge in [0.25, 0.3) is 0 Å². The van der Waals surface area contributed by atoms with Crippen molar-refractivity contribution < 1.29 is 4.74 Å². The first kappa shape index (κ1) is 4.13. The first-order chi connectivity index (χ1) is 2.80. The van der Waals surface area contributed by atoms with Crippen molar-refractivity contribution in [3.05, 3.63) is 5.92 Å². The number of rotatable bonds is 1. The Morgan fingerprint density at radius 2 is 2.17 bits per heavy atom. The zero-order valence-electron chi connectivity index (χ0n) is 4.19. The van der Waals surface area contributed by atoms with Crippen molar-refractivity contribution in [3.8, 4) is 0 Å². The summed E-state index contributed by atoms with van der Waals surface area (Å²) in [7, 11) is 0. The Morgan fingerprint density at radius 1 is 1.67 bits per heavy atom. The molecular weight excluding hydrogens is 76.1 g/mol. The van der Waals surface area contributed by atoms with Crippen LogP contribution >= 0.6 is 0 Å². The molecule has 1 nitrogen and oxygen atoms in total. The van der Waals surface area contributed by atoms with Gasteiger partial charge in [-0.25, -0.2) is 0 Å². The smallest absolute Gasteiger partial charge is 0.0866 e. The molecule has 0 N–H and O–H groups in total. The average molecular weight is 85.1 g/mol. The number of epoxide rings is 1. The zero-order valence-corrected chi connectivity index (χ0v) is 4.19. The van der Waals surface area contributed by atoms with Gasteiger partial charge in [0, 0.05) is 5.92 Å². The molecule has 35 valence electrons. The van der Waals surface area contributed by atoms with E-state index in [1.165, 1.54) is 5.92 Å². The number of ether oxygens (including phenoxy) is 1. The van der Waals surface area contributed by atoms with E-state index in [0.717, 1.165) is 6.61 Å². The molecule has 1 unspecified atom stereocenters. The summed E-state index contributed by atoms with van der Waals surface area (Å²) in [4.78, 5) is 0. The van der Waals surface area contributed by atoms with Gasteiger partial charge in [-0.05, 0) is 0 Å². The molecule has 0 aromatic rings. The summed E-state index contributed by atoms with van der Waals surface area (Å²) in [5, 5.41) is 0. The van der Waals surface area contributed by atoms with E-state index in [2.05, 4.69) is 13.8 Å². The molecular formula is C5H9O. The fourth-order valence-corrected chi connectivity index (χ4v) is 0.381. The lowest BCUT2D eigenvalue weighted by atomic mass is 10.2. The Kier molecular flexibility index (Phi) is 0.845. The van der Waals surface area contributed by atoms with E-state index in [9.17, 15) is 0 Å². The zero-order chi connectivity index (χ0) is 4.57. The summed E-state index contributed by atoms with van der Waals surface area (Å²) < 4.78 is 4.93. The van der Waals surface area contributed by atoms with Crippen LogP contribution in [0.5, 0.6) is 0 Å². The highest BCUT2D eigenvalue weighted by atomic mass is 16.6. The van der Waals surface area contributed by atoms with E-state index < -0.39 is 0 Å². The molecule has 0 saturated carbocycles. The summed E-state index contributed by atoms with van der Waals surface area (Å²) in [5.41, 5.74) is 0. The van der Waals surface area contributed by atoms with Gasteiger partial charge in [-0.2, -0.15) is 0 Å². The van der Waals surface area contributed by atoms with Crippen molar-refractivity contribution in [3.63, 3.8) is 0 Å². The van der Waals surface area contributed by atoms with Crippen LogP contribution in [0.2, 0.25) is 0 Å². The lowest BCUT2D eigenvalue weighted by Gasteiger charge is -1.89. The highest BCUT2D eigenvalue weighted by molar-refractivity contribution is 4.95. The molecule has 1 saturated heterocycles. The molecule has 1 fully saturated rings. The second-order valence-electron chi connectivity index (χ2n) is 1.90. The van der Waals surface area contributed by atoms with Crippen molar-refractivity contribution >= 4 is 0 Å². The maximum Gasteiger partial charge on any atom is 0.0866 e. The molecule has 1 heterocycles. The summed E-state index contributed by atoms with van der Waals surface area (Å²) >= 11 is 0. The minimum atomic E-state index is 0.519. The molecule has 1 aliphatic heterocycles. The topological polar surface area (TPSA) is 12.5 Å². The Bertz CT molecular complexity index is 45.9. The predicted molar refractivity (Wildman–Crippen MR) is 24.3 cm³/mol. The van der Waals surface area contributed by atoms with Crippen molar-refractivity contribution in [1.82, 2.24) is 0 Å². The first-order valence-corrected chi connectivity index (χ1v) is 2.22. The van der Waals surface area contributed by atoms with Gasteiger partial charge < -0.3 is 4.74 Å². The van der Waals surface area contributed by atoms with Crippen molar-refractivity contribution in [1.29, 1.82) is 0 Å². The molecule has 1 aliphatic rings. The molecule has 1 atom stereocenters. The maximum absolute atomic E-state index is 4.93. The van der Waals surface area contributed by atoms with Gasteiger partial charge in [0.15, 0.2) is 0 Å². The summed E-state index contributed by atoms with van der Waals surface area (Å²) in [6.45, 7) is 5.15. The molecule has 0 aromatic heterocycles. The predicted octanol–water partition coefficient (Wildman–Crippen LogP) is 0.999. The van der Waals surface area contributed by atoms with Crippen LogP contribution in [0.1, 0.15) is 13.8 Å². The maximum atomic E-state index is 4.93. The third kappa shape index (κ3) is 0.716. The first-order valence-electron chi connectivity index (χ1n) is 2.22. The third-order valence-electron chi connectivity index (χ3n) is 0.977. The molecule has 1 radical (unpaired) electrons. The van der Waals surface area contributed by atoms with Gasteiger partial charge in [0.05, 0.1) is 12.7 Å². The van der Waals surface area contributed by atoms with Crippen molar-refractivity contribution in [2.45, 2.75) is 20.0 Å². The molecule has 0 amide bonds. The van der Waals surface area contributed by atoms with E-state index in [1.807, 2.05) is 0 Å². The van der Waals surface area contributed by atoms with E-state index in [0.29, 0.717) is 6.10 Å².